The molecule has 0 spiro atoms. The van der Waals surface area contributed by atoms with Gasteiger partial charge in [-0.1, -0.05) is 23.4 Å². The van der Waals surface area contributed by atoms with Gasteiger partial charge in [0, 0.05) is 5.56 Å². The molecule has 0 fully saturated rings. The lowest BCUT2D eigenvalue weighted by molar-refractivity contribution is -0.110. The highest BCUT2D eigenvalue weighted by molar-refractivity contribution is 6.53. The minimum Gasteiger partial charge on any atom is -0.361 e. The number of aryl methyl sites for hydroxylation is 2. The fourth-order valence-corrected chi connectivity index (χ4v) is 2.02. The lowest BCUT2D eigenvalue weighted by atomic mass is 10.1. The van der Waals surface area contributed by atoms with Gasteiger partial charge in [0.15, 0.2) is 5.71 Å². The van der Waals surface area contributed by atoms with E-state index in [4.69, 9.17) is 4.52 Å². The van der Waals surface area contributed by atoms with Gasteiger partial charge in [0.2, 0.25) is 0 Å². The summed E-state index contributed by atoms with van der Waals surface area (Å²) in [4.78, 5) is 11.8. The van der Waals surface area contributed by atoms with Crippen LogP contribution in [-0.4, -0.2) is 23.0 Å². The predicted octanol–water partition coefficient (Wildman–Crippen LogP) is 2.07. The Bertz CT molecular complexity index is 724. The molecule has 2 heterocycles. The van der Waals surface area contributed by atoms with E-state index >= 15 is 0 Å². The van der Waals surface area contributed by atoms with Crippen molar-refractivity contribution in [3.05, 3.63) is 46.8 Å². The van der Waals surface area contributed by atoms with E-state index in [2.05, 4.69) is 20.7 Å². The molecule has 0 atom stereocenters. The fourth-order valence-electron chi connectivity index (χ4n) is 2.02. The van der Waals surface area contributed by atoms with Crippen LogP contribution in [0.4, 0.5) is 5.69 Å². The van der Waals surface area contributed by atoms with Crippen LogP contribution in [0.25, 0.3) is 0 Å². The number of benzene rings is 1. The molecule has 100 valence electrons. The minimum atomic E-state index is -0.248. The van der Waals surface area contributed by atoms with E-state index in [9.17, 15) is 4.79 Å². The average molecular weight is 268 g/mol. The van der Waals surface area contributed by atoms with Crippen LogP contribution in [0, 0.1) is 13.8 Å². The second kappa shape index (κ2) is 4.73. The van der Waals surface area contributed by atoms with Gasteiger partial charge >= 0.3 is 0 Å². The summed E-state index contributed by atoms with van der Waals surface area (Å²) in [6.45, 7) is 3.62. The molecule has 6 nitrogen and oxygen atoms in total. The van der Waals surface area contributed by atoms with Crippen molar-refractivity contribution in [1.29, 1.82) is 0 Å². The number of carbonyl (C=O) groups excluding carboxylic acids is 1. The lowest BCUT2D eigenvalue weighted by Gasteiger charge is -1.93. The number of anilines is 1. The van der Waals surface area contributed by atoms with Gasteiger partial charge in [0.1, 0.15) is 5.76 Å². The van der Waals surface area contributed by atoms with E-state index in [0.717, 1.165) is 22.5 Å². The van der Waals surface area contributed by atoms with Gasteiger partial charge in [-0.15, -0.1) is 5.10 Å². The number of hydrogen-bond acceptors (Lipinski definition) is 5. The van der Waals surface area contributed by atoms with Crippen LogP contribution in [-0.2, 0) is 4.79 Å². The number of aromatic nitrogens is 1. The molecule has 6 heteroatoms. The molecule has 0 unspecified atom stereocenters. The number of rotatable bonds is 2. The number of nitrogens with one attached hydrogen (secondary N) is 1. The zero-order chi connectivity index (χ0) is 14.1. The zero-order valence-corrected chi connectivity index (χ0v) is 11.0. The SMILES string of the molecule is Cc1noc(C)c1/C=N\N=C1/C(=O)Nc2ccccc21. The number of amides is 1. The van der Waals surface area contributed by atoms with Crippen LogP contribution in [0.5, 0.6) is 0 Å². The summed E-state index contributed by atoms with van der Waals surface area (Å²) >= 11 is 0. The summed E-state index contributed by atoms with van der Waals surface area (Å²) in [5, 5.41) is 14.5. The molecule has 0 bridgehead atoms. The average Bonchev–Trinajstić information content (AvgIpc) is 2.92. The van der Waals surface area contributed by atoms with Gasteiger partial charge in [0.25, 0.3) is 5.91 Å². The highest BCUT2D eigenvalue weighted by Crippen LogP contribution is 2.22. The van der Waals surface area contributed by atoms with Gasteiger partial charge in [0.05, 0.1) is 23.2 Å². The van der Waals surface area contributed by atoms with Crippen molar-refractivity contribution in [3.63, 3.8) is 0 Å². The van der Waals surface area contributed by atoms with Crippen LogP contribution in [0.1, 0.15) is 22.6 Å². The highest BCUT2D eigenvalue weighted by atomic mass is 16.5. The van der Waals surface area contributed by atoms with Crippen molar-refractivity contribution < 1.29 is 9.32 Å². The van der Waals surface area contributed by atoms with Gasteiger partial charge in [-0.3, -0.25) is 4.79 Å². The predicted molar refractivity (Wildman–Crippen MR) is 75.2 cm³/mol. The maximum absolute atomic E-state index is 11.8. The van der Waals surface area contributed by atoms with Crippen molar-refractivity contribution in [2.75, 3.05) is 5.32 Å². The first kappa shape index (κ1) is 12.3. The van der Waals surface area contributed by atoms with E-state index in [1.54, 1.807) is 13.1 Å². The largest absolute Gasteiger partial charge is 0.361 e. The Hall–Kier alpha value is -2.76. The summed E-state index contributed by atoms with van der Waals surface area (Å²) in [6, 6.07) is 7.37. The summed E-state index contributed by atoms with van der Waals surface area (Å²) < 4.78 is 5.03. The third kappa shape index (κ3) is 2.01. The number of fused-ring (bicyclic) bond motifs is 1. The molecule has 1 aromatic carbocycles. The number of para-hydroxylation sites is 1. The minimum absolute atomic E-state index is 0.248. The fraction of sp³-hybridized carbons (Fsp3) is 0.143. The van der Waals surface area contributed by atoms with Crippen molar-refractivity contribution >= 4 is 23.5 Å². The second-order valence-electron chi connectivity index (χ2n) is 4.43. The Labute approximate surface area is 115 Å². The summed E-state index contributed by atoms with van der Waals surface area (Å²) in [5.74, 6) is 0.421. The maximum atomic E-state index is 11.8. The molecule has 1 amide bonds. The van der Waals surface area contributed by atoms with Crippen LogP contribution < -0.4 is 5.32 Å². The summed E-state index contributed by atoms with van der Waals surface area (Å²) in [7, 11) is 0. The van der Waals surface area contributed by atoms with Crippen molar-refractivity contribution in [3.8, 4) is 0 Å². The van der Waals surface area contributed by atoms with E-state index in [-0.39, 0.29) is 5.91 Å². The quantitative estimate of drug-likeness (QED) is 0.668. The second-order valence-corrected chi connectivity index (χ2v) is 4.43. The highest BCUT2D eigenvalue weighted by Gasteiger charge is 2.25. The van der Waals surface area contributed by atoms with Crippen molar-refractivity contribution in [2.24, 2.45) is 10.2 Å². The summed E-state index contributed by atoms with van der Waals surface area (Å²) in [6.07, 6.45) is 1.54. The summed E-state index contributed by atoms with van der Waals surface area (Å²) in [5.41, 5.74) is 3.34. The van der Waals surface area contributed by atoms with E-state index < -0.39 is 0 Å². The lowest BCUT2D eigenvalue weighted by Crippen LogP contribution is -2.13. The molecule has 2 aromatic rings. The van der Waals surface area contributed by atoms with Crippen molar-refractivity contribution in [2.45, 2.75) is 13.8 Å². The van der Waals surface area contributed by atoms with E-state index in [1.807, 2.05) is 31.2 Å². The molecule has 1 aliphatic rings. The third-order valence-electron chi connectivity index (χ3n) is 3.08. The smallest absolute Gasteiger partial charge is 0.276 e. The van der Waals surface area contributed by atoms with Gasteiger partial charge in [-0.05, 0) is 19.9 Å². The molecule has 0 aliphatic carbocycles. The van der Waals surface area contributed by atoms with Gasteiger partial charge in [-0.25, -0.2) is 0 Å². The Morgan fingerprint density at radius 2 is 2.10 bits per heavy atom. The normalized spacial score (nSPS) is 15.9. The molecule has 0 saturated heterocycles. The van der Waals surface area contributed by atoms with Gasteiger partial charge < -0.3 is 9.84 Å². The maximum Gasteiger partial charge on any atom is 0.276 e. The van der Waals surface area contributed by atoms with Crippen LogP contribution in [0.2, 0.25) is 0 Å². The van der Waals surface area contributed by atoms with Crippen LogP contribution in [0.3, 0.4) is 0 Å². The molecule has 1 aliphatic heterocycles. The number of carbonyl (C=O) groups is 1. The number of nitrogens with zero attached hydrogens (tertiary/aromatic N) is 3. The molecule has 1 aromatic heterocycles. The molecular formula is C14H12N4O2. The number of hydrogen-bond donors (Lipinski definition) is 1. The molecule has 20 heavy (non-hydrogen) atoms. The Morgan fingerprint density at radius 3 is 2.85 bits per heavy atom. The van der Waals surface area contributed by atoms with Crippen molar-refractivity contribution in [1.82, 2.24) is 5.16 Å². The first-order chi connectivity index (χ1) is 9.66. The molecular weight excluding hydrogens is 256 g/mol. The monoisotopic (exact) mass is 268 g/mol. The van der Waals surface area contributed by atoms with Gasteiger partial charge in [-0.2, -0.15) is 5.10 Å². The molecule has 0 radical (unpaired) electrons. The van der Waals surface area contributed by atoms with Crippen LogP contribution in [0.15, 0.2) is 39.0 Å². The van der Waals surface area contributed by atoms with Crippen LogP contribution >= 0.6 is 0 Å². The first-order valence-electron chi connectivity index (χ1n) is 6.11. The van der Waals surface area contributed by atoms with E-state index in [1.165, 1.54) is 0 Å². The zero-order valence-electron chi connectivity index (χ0n) is 11.0. The van der Waals surface area contributed by atoms with E-state index in [0.29, 0.717) is 11.5 Å². The third-order valence-corrected chi connectivity index (χ3v) is 3.08. The Morgan fingerprint density at radius 1 is 1.30 bits per heavy atom. The molecule has 3 rings (SSSR count). The molecule has 0 saturated carbocycles. The topological polar surface area (TPSA) is 79.8 Å². The first-order valence-corrected chi connectivity index (χ1v) is 6.11. The molecule has 1 N–H and O–H groups in total. The standard InChI is InChI=1S/C14H12N4O2/c1-8-11(9(2)20-18-8)7-15-17-13-10-5-3-4-6-12(10)16-14(13)19/h3-7H,1-2H3,(H,16,17,19)/b15-7-. The Balaban J connectivity index is 1.92. The Kier molecular flexibility index (Phi) is 2.90.